The maximum Gasteiger partial charge on any atom is 0.165 e. The molecule has 4 nitrogen and oxygen atoms in total. The van der Waals surface area contributed by atoms with Gasteiger partial charge < -0.3 is 9.78 Å². The van der Waals surface area contributed by atoms with Gasteiger partial charge in [0.25, 0.3) is 0 Å². The van der Waals surface area contributed by atoms with E-state index in [1.165, 1.54) is 0 Å². The van der Waals surface area contributed by atoms with Gasteiger partial charge in [0.1, 0.15) is 0 Å². The summed E-state index contributed by atoms with van der Waals surface area (Å²) in [5.41, 5.74) is 0. The van der Waals surface area contributed by atoms with Crippen molar-refractivity contribution in [2.75, 3.05) is 0 Å². The Morgan fingerprint density at radius 1 is 0.647 bits per heavy atom. The molecule has 2 N–H and O–H groups in total. The van der Waals surface area contributed by atoms with E-state index >= 15 is 0 Å². The predicted molar refractivity (Wildman–Crippen MR) is 63.5 cm³/mol. The summed E-state index contributed by atoms with van der Waals surface area (Å²) in [6, 6.07) is 14.1. The zero-order valence-corrected chi connectivity index (χ0v) is 9.55. The maximum absolute atomic E-state index is 8.43. The van der Waals surface area contributed by atoms with Crippen LogP contribution in [0, 0.1) is 0 Å². The predicted octanol–water partition coefficient (Wildman–Crippen LogP) is 3.54. The smallest absolute Gasteiger partial charge is 0.165 e. The van der Waals surface area contributed by atoms with Crippen molar-refractivity contribution >= 4 is 11.8 Å². The minimum Gasteiger partial charge on any atom is -0.340 e. The Morgan fingerprint density at radius 3 is 1.29 bits per heavy atom. The van der Waals surface area contributed by atoms with Gasteiger partial charge in [0, 0.05) is 9.79 Å². The first-order valence-electron chi connectivity index (χ1n) is 4.82. The highest BCUT2D eigenvalue weighted by Crippen LogP contribution is 2.29. The number of benzene rings is 2. The van der Waals surface area contributed by atoms with Gasteiger partial charge >= 0.3 is 0 Å². The molecule has 0 spiro atoms. The molecule has 0 heterocycles. The van der Waals surface area contributed by atoms with E-state index in [2.05, 4.69) is 9.78 Å². The van der Waals surface area contributed by atoms with Crippen LogP contribution in [-0.4, -0.2) is 10.5 Å². The van der Waals surface area contributed by atoms with Crippen LogP contribution in [0.15, 0.2) is 58.3 Å². The third-order valence-electron chi connectivity index (χ3n) is 2.09. The number of hydrogen-bond acceptors (Lipinski definition) is 5. The van der Waals surface area contributed by atoms with E-state index in [1.807, 2.05) is 24.3 Å². The Labute approximate surface area is 102 Å². The second kappa shape index (κ2) is 5.58. The quantitative estimate of drug-likeness (QED) is 0.642. The monoisotopic (exact) mass is 250 g/mol. The first kappa shape index (κ1) is 11.8. The van der Waals surface area contributed by atoms with Gasteiger partial charge in [-0.15, -0.1) is 0 Å². The van der Waals surface area contributed by atoms with Gasteiger partial charge in [-0.25, -0.2) is 10.5 Å². The van der Waals surface area contributed by atoms with Crippen molar-refractivity contribution in [3.05, 3.63) is 48.5 Å². The van der Waals surface area contributed by atoms with Crippen LogP contribution in [0.5, 0.6) is 11.5 Å². The van der Waals surface area contributed by atoms with Crippen LogP contribution in [-0.2, 0) is 0 Å². The minimum absolute atomic E-state index is 0.401. The summed E-state index contributed by atoms with van der Waals surface area (Å²) in [5.74, 6) is 0.803. The summed E-state index contributed by atoms with van der Waals surface area (Å²) in [5, 5.41) is 16.9. The first-order chi connectivity index (χ1) is 8.31. The molecule has 0 aromatic heterocycles. The molecular formula is C12H10O4S. The normalized spacial score (nSPS) is 10.0. The van der Waals surface area contributed by atoms with Crippen LogP contribution in [0.3, 0.4) is 0 Å². The lowest BCUT2D eigenvalue weighted by Crippen LogP contribution is -1.83. The van der Waals surface area contributed by atoms with E-state index < -0.39 is 0 Å². The molecule has 0 fully saturated rings. The SMILES string of the molecule is OOc1ccc(Sc2ccc(OO)cc2)cc1. The molecule has 0 saturated heterocycles. The summed E-state index contributed by atoms with van der Waals surface area (Å²) in [4.78, 5) is 10.2. The van der Waals surface area contributed by atoms with Crippen LogP contribution in [0.1, 0.15) is 0 Å². The topological polar surface area (TPSA) is 58.9 Å². The molecule has 0 amide bonds. The minimum atomic E-state index is 0.401. The standard InChI is InChI=1S/C12H10O4S/c13-15-9-1-5-11(6-2-9)17-12-7-3-10(16-14)4-8-12/h1-8,13-14H. The van der Waals surface area contributed by atoms with Crippen molar-refractivity contribution in [3.63, 3.8) is 0 Å². The fraction of sp³-hybridized carbons (Fsp3) is 0. The second-order valence-corrected chi connectivity index (χ2v) is 4.37. The Hall–Kier alpha value is -1.69. The molecule has 2 aromatic rings. The third kappa shape index (κ3) is 3.13. The lowest BCUT2D eigenvalue weighted by molar-refractivity contribution is -0.137. The van der Waals surface area contributed by atoms with E-state index in [4.69, 9.17) is 10.5 Å². The van der Waals surface area contributed by atoms with Gasteiger partial charge in [-0.05, 0) is 48.5 Å². The van der Waals surface area contributed by atoms with E-state index in [1.54, 1.807) is 36.0 Å². The van der Waals surface area contributed by atoms with Crippen LogP contribution >= 0.6 is 11.8 Å². The van der Waals surface area contributed by atoms with Crippen LogP contribution in [0.25, 0.3) is 0 Å². The molecule has 0 aliphatic heterocycles. The molecule has 0 unspecified atom stereocenters. The van der Waals surface area contributed by atoms with Crippen molar-refractivity contribution < 1.29 is 20.3 Å². The highest BCUT2D eigenvalue weighted by molar-refractivity contribution is 7.99. The summed E-state index contributed by atoms with van der Waals surface area (Å²) < 4.78 is 0. The molecule has 2 aromatic carbocycles. The van der Waals surface area contributed by atoms with Crippen molar-refractivity contribution in [1.82, 2.24) is 0 Å². The van der Waals surface area contributed by atoms with Crippen molar-refractivity contribution in [3.8, 4) is 11.5 Å². The molecule has 17 heavy (non-hydrogen) atoms. The van der Waals surface area contributed by atoms with Gasteiger partial charge in [-0.2, -0.15) is 0 Å². The summed E-state index contributed by atoms with van der Waals surface area (Å²) >= 11 is 1.55. The van der Waals surface area contributed by atoms with Gasteiger partial charge in [-0.1, -0.05) is 11.8 Å². The molecule has 0 bridgehead atoms. The van der Waals surface area contributed by atoms with Crippen LogP contribution in [0.2, 0.25) is 0 Å². The van der Waals surface area contributed by atoms with E-state index in [9.17, 15) is 0 Å². The molecule has 0 radical (unpaired) electrons. The molecule has 0 saturated carbocycles. The third-order valence-corrected chi connectivity index (χ3v) is 3.11. The molecule has 88 valence electrons. The lowest BCUT2D eigenvalue weighted by atomic mass is 10.3. The maximum atomic E-state index is 8.43. The lowest BCUT2D eigenvalue weighted by Gasteiger charge is -2.03. The largest absolute Gasteiger partial charge is 0.340 e. The number of hydrogen-bond donors (Lipinski definition) is 2. The Kier molecular flexibility index (Phi) is 3.87. The van der Waals surface area contributed by atoms with Gasteiger partial charge in [0.2, 0.25) is 0 Å². The van der Waals surface area contributed by atoms with Crippen molar-refractivity contribution in [1.29, 1.82) is 0 Å². The Morgan fingerprint density at radius 2 is 1.00 bits per heavy atom. The van der Waals surface area contributed by atoms with Gasteiger partial charge in [0.05, 0.1) is 0 Å². The summed E-state index contributed by atoms with van der Waals surface area (Å²) in [7, 11) is 0. The second-order valence-electron chi connectivity index (χ2n) is 3.23. The van der Waals surface area contributed by atoms with Crippen molar-refractivity contribution in [2.45, 2.75) is 9.79 Å². The average molecular weight is 250 g/mol. The molecule has 0 atom stereocenters. The van der Waals surface area contributed by atoms with Crippen LogP contribution < -0.4 is 9.78 Å². The molecule has 2 rings (SSSR count). The molecule has 5 heteroatoms. The molecule has 0 aliphatic rings. The van der Waals surface area contributed by atoms with E-state index in [-0.39, 0.29) is 0 Å². The molecular weight excluding hydrogens is 240 g/mol. The van der Waals surface area contributed by atoms with E-state index in [0.29, 0.717) is 11.5 Å². The highest BCUT2D eigenvalue weighted by Gasteiger charge is 1.99. The Bertz CT molecular complexity index is 421. The zero-order chi connectivity index (χ0) is 12.1. The summed E-state index contributed by atoms with van der Waals surface area (Å²) in [6.07, 6.45) is 0. The van der Waals surface area contributed by atoms with Gasteiger partial charge in [0.15, 0.2) is 11.5 Å². The molecule has 0 aliphatic carbocycles. The van der Waals surface area contributed by atoms with E-state index in [0.717, 1.165) is 9.79 Å². The van der Waals surface area contributed by atoms with Crippen molar-refractivity contribution in [2.24, 2.45) is 0 Å². The average Bonchev–Trinajstić information content (AvgIpc) is 2.40. The summed E-state index contributed by atoms with van der Waals surface area (Å²) in [6.45, 7) is 0. The zero-order valence-electron chi connectivity index (χ0n) is 8.74. The van der Waals surface area contributed by atoms with Crippen LogP contribution in [0.4, 0.5) is 0 Å². The van der Waals surface area contributed by atoms with Gasteiger partial charge in [-0.3, -0.25) is 0 Å². The highest BCUT2D eigenvalue weighted by atomic mass is 32.2. The first-order valence-corrected chi connectivity index (χ1v) is 5.64. The fourth-order valence-corrected chi connectivity index (χ4v) is 2.09. The Balaban J connectivity index is 2.08. The number of rotatable bonds is 4. The fourth-order valence-electron chi connectivity index (χ4n) is 1.27.